The molecule has 0 atom stereocenters. The third-order valence-electron chi connectivity index (χ3n) is 2.14. The van der Waals surface area contributed by atoms with Crippen molar-refractivity contribution in [2.24, 2.45) is 0 Å². The lowest BCUT2D eigenvalue weighted by molar-refractivity contribution is 0.108. The van der Waals surface area contributed by atoms with Gasteiger partial charge in [-0.1, -0.05) is 42.5 Å². The summed E-state index contributed by atoms with van der Waals surface area (Å²) in [6.07, 6.45) is 0. The van der Waals surface area contributed by atoms with Crippen LogP contribution >= 0.6 is 11.8 Å². The lowest BCUT2D eigenvalue weighted by Gasteiger charge is -2.01. The molecule has 79 valence electrons. The third kappa shape index (κ3) is 2.74. The van der Waals surface area contributed by atoms with Gasteiger partial charge in [0.1, 0.15) is 0 Å². The van der Waals surface area contributed by atoms with Crippen LogP contribution in [0.5, 0.6) is 0 Å². The van der Waals surface area contributed by atoms with Gasteiger partial charge in [0, 0.05) is 10.5 Å². The van der Waals surface area contributed by atoms with Gasteiger partial charge >= 0.3 is 0 Å². The monoisotopic (exact) mass is 227 g/mol. The summed E-state index contributed by atoms with van der Waals surface area (Å²) in [7, 11) is 0. The van der Waals surface area contributed by atoms with E-state index < -0.39 is 0 Å². The van der Waals surface area contributed by atoms with Gasteiger partial charge in [0.15, 0.2) is 0 Å². The molecule has 0 aliphatic heterocycles. The smallest absolute Gasteiger partial charge is 0.224 e. The zero-order valence-corrected chi connectivity index (χ0v) is 9.54. The summed E-state index contributed by atoms with van der Waals surface area (Å²) in [6.45, 7) is 3.80. The molecule has 2 rings (SSSR count). The number of hydrogen-bond acceptors (Lipinski definition) is 2. The SMILES string of the molecule is [CH2]c1ccc(SC(=O)c2ccccc2)cc1. The predicted molar refractivity (Wildman–Crippen MR) is 67.5 cm³/mol. The van der Waals surface area contributed by atoms with Gasteiger partial charge in [-0.3, -0.25) is 4.79 Å². The van der Waals surface area contributed by atoms with Crippen LogP contribution in [0.3, 0.4) is 0 Å². The third-order valence-corrected chi connectivity index (χ3v) is 3.07. The molecule has 2 heteroatoms. The summed E-state index contributed by atoms with van der Waals surface area (Å²) in [5, 5.41) is 0.0670. The predicted octanol–water partition coefficient (Wildman–Crippen LogP) is 3.80. The zero-order valence-electron chi connectivity index (χ0n) is 8.72. The van der Waals surface area contributed by atoms with Crippen molar-refractivity contribution in [3.63, 3.8) is 0 Å². The van der Waals surface area contributed by atoms with Gasteiger partial charge in [-0.2, -0.15) is 0 Å². The summed E-state index contributed by atoms with van der Waals surface area (Å²) in [4.78, 5) is 12.8. The maximum absolute atomic E-state index is 11.8. The molecule has 1 nitrogen and oxygen atoms in total. The Morgan fingerprint density at radius 2 is 1.56 bits per heavy atom. The summed E-state index contributed by atoms with van der Waals surface area (Å²) in [5.74, 6) is 0. The first-order chi connectivity index (χ1) is 7.75. The molecule has 2 aromatic carbocycles. The quantitative estimate of drug-likeness (QED) is 0.726. The highest BCUT2D eigenvalue weighted by Crippen LogP contribution is 2.22. The maximum Gasteiger partial charge on any atom is 0.224 e. The highest BCUT2D eigenvalue weighted by atomic mass is 32.2. The van der Waals surface area contributed by atoms with E-state index in [0.29, 0.717) is 0 Å². The van der Waals surface area contributed by atoms with Crippen molar-refractivity contribution < 1.29 is 4.79 Å². The van der Waals surface area contributed by atoms with E-state index in [4.69, 9.17) is 0 Å². The van der Waals surface area contributed by atoms with Crippen molar-refractivity contribution in [1.82, 2.24) is 0 Å². The Hall–Kier alpha value is -1.54. The van der Waals surface area contributed by atoms with Gasteiger partial charge in [0.25, 0.3) is 0 Å². The van der Waals surface area contributed by atoms with Crippen molar-refractivity contribution in [1.29, 1.82) is 0 Å². The van der Waals surface area contributed by atoms with Crippen LogP contribution in [0.1, 0.15) is 15.9 Å². The van der Waals surface area contributed by atoms with Crippen molar-refractivity contribution in [2.45, 2.75) is 4.90 Å². The van der Waals surface area contributed by atoms with Gasteiger partial charge in [-0.15, -0.1) is 0 Å². The molecule has 16 heavy (non-hydrogen) atoms. The van der Waals surface area contributed by atoms with E-state index in [1.165, 1.54) is 11.8 Å². The topological polar surface area (TPSA) is 17.1 Å². The van der Waals surface area contributed by atoms with E-state index in [1.54, 1.807) is 0 Å². The van der Waals surface area contributed by atoms with Gasteiger partial charge in [0.05, 0.1) is 0 Å². The average Bonchev–Trinajstić information content (AvgIpc) is 2.33. The van der Waals surface area contributed by atoms with Crippen LogP contribution in [-0.4, -0.2) is 5.12 Å². The second-order valence-electron chi connectivity index (χ2n) is 3.40. The molecule has 0 saturated heterocycles. The molecule has 0 aromatic heterocycles. The molecule has 0 bridgehead atoms. The zero-order chi connectivity index (χ0) is 11.4. The standard InChI is InChI=1S/C14H11OS/c1-11-7-9-13(10-8-11)16-14(15)12-5-3-2-4-6-12/h2-10H,1H2. The number of hydrogen-bond donors (Lipinski definition) is 0. The van der Waals surface area contributed by atoms with Crippen LogP contribution in [0.15, 0.2) is 59.5 Å². The maximum atomic E-state index is 11.8. The highest BCUT2D eigenvalue weighted by Gasteiger charge is 2.06. The van der Waals surface area contributed by atoms with Crippen LogP contribution in [0.4, 0.5) is 0 Å². The van der Waals surface area contributed by atoms with Crippen LogP contribution in [-0.2, 0) is 0 Å². The summed E-state index contributed by atoms with van der Waals surface area (Å²) in [5.41, 5.74) is 1.68. The molecule has 0 amide bonds. The van der Waals surface area contributed by atoms with Crippen molar-refractivity contribution in [2.75, 3.05) is 0 Å². The van der Waals surface area contributed by atoms with Crippen LogP contribution in [0.2, 0.25) is 0 Å². The molecule has 1 radical (unpaired) electrons. The Morgan fingerprint density at radius 3 is 2.19 bits per heavy atom. The molecule has 0 heterocycles. The number of rotatable bonds is 2. The Morgan fingerprint density at radius 1 is 0.938 bits per heavy atom. The lowest BCUT2D eigenvalue weighted by Crippen LogP contribution is -1.91. The van der Waals surface area contributed by atoms with Gasteiger partial charge < -0.3 is 0 Å². The molecular formula is C14H11OS. The summed E-state index contributed by atoms with van der Waals surface area (Å²) >= 11 is 1.24. The fourth-order valence-corrected chi connectivity index (χ4v) is 2.04. The Kier molecular flexibility index (Phi) is 3.42. The molecule has 0 fully saturated rings. The van der Waals surface area contributed by atoms with E-state index in [0.717, 1.165) is 16.0 Å². The van der Waals surface area contributed by atoms with E-state index in [9.17, 15) is 4.79 Å². The van der Waals surface area contributed by atoms with E-state index >= 15 is 0 Å². The largest absolute Gasteiger partial charge is 0.281 e. The number of thioether (sulfide) groups is 1. The van der Waals surface area contributed by atoms with Crippen LogP contribution < -0.4 is 0 Å². The molecular weight excluding hydrogens is 216 g/mol. The fourth-order valence-electron chi connectivity index (χ4n) is 1.30. The van der Waals surface area contributed by atoms with E-state index in [2.05, 4.69) is 6.92 Å². The minimum Gasteiger partial charge on any atom is -0.281 e. The van der Waals surface area contributed by atoms with Gasteiger partial charge in [-0.25, -0.2) is 0 Å². The molecule has 0 aliphatic rings. The Balaban J connectivity index is 2.11. The van der Waals surface area contributed by atoms with Crippen molar-refractivity contribution in [3.8, 4) is 0 Å². The average molecular weight is 227 g/mol. The van der Waals surface area contributed by atoms with Gasteiger partial charge in [-0.05, 0) is 36.4 Å². The lowest BCUT2D eigenvalue weighted by atomic mass is 10.2. The van der Waals surface area contributed by atoms with Crippen molar-refractivity contribution in [3.05, 3.63) is 72.6 Å². The number of carbonyl (C=O) groups is 1. The minimum absolute atomic E-state index is 0.0670. The second kappa shape index (κ2) is 4.99. The normalized spacial score (nSPS) is 10.1. The highest BCUT2D eigenvalue weighted by molar-refractivity contribution is 8.14. The molecule has 0 spiro atoms. The van der Waals surface area contributed by atoms with Crippen molar-refractivity contribution >= 4 is 16.9 Å². The first kappa shape index (κ1) is 11.0. The van der Waals surface area contributed by atoms with Crippen LogP contribution in [0, 0.1) is 6.92 Å². The molecule has 0 aliphatic carbocycles. The van der Waals surface area contributed by atoms with E-state index in [1.807, 2.05) is 54.6 Å². The minimum atomic E-state index is 0.0670. The van der Waals surface area contributed by atoms with Crippen LogP contribution in [0.25, 0.3) is 0 Å². The Labute approximate surface area is 99.5 Å². The van der Waals surface area contributed by atoms with Gasteiger partial charge in [0.2, 0.25) is 5.12 Å². The summed E-state index contributed by atoms with van der Waals surface area (Å²) in [6, 6.07) is 16.9. The fraction of sp³-hybridized carbons (Fsp3) is 0. The molecule has 0 N–H and O–H groups in total. The number of benzene rings is 2. The molecule has 2 aromatic rings. The molecule has 0 saturated carbocycles. The Bertz CT molecular complexity index is 474. The molecule has 0 unspecified atom stereocenters. The second-order valence-corrected chi connectivity index (χ2v) is 4.45. The van der Waals surface area contributed by atoms with E-state index in [-0.39, 0.29) is 5.12 Å². The number of carbonyl (C=O) groups excluding carboxylic acids is 1. The first-order valence-electron chi connectivity index (χ1n) is 4.95. The first-order valence-corrected chi connectivity index (χ1v) is 5.76. The summed E-state index contributed by atoms with van der Waals surface area (Å²) < 4.78 is 0.